The predicted octanol–water partition coefficient (Wildman–Crippen LogP) is 5.19. The molecule has 0 radical (unpaired) electrons. The molecular weight excluding hydrogens is 338 g/mol. The van der Waals surface area contributed by atoms with E-state index in [4.69, 9.17) is 9.84 Å². The number of ether oxygens (including phenoxy) is 1. The van der Waals surface area contributed by atoms with Crippen molar-refractivity contribution in [2.45, 2.75) is 27.0 Å². The Morgan fingerprint density at radius 2 is 1.81 bits per heavy atom. The first-order chi connectivity index (χ1) is 13.0. The average Bonchev–Trinajstić information content (AvgIpc) is 2.66. The molecule has 0 heterocycles. The zero-order valence-electron chi connectivity index (χ0n) is 15.5. The van der Waals surface area contributed by atoms with Crippen molar-refractivity contribution in [2.75, 3.05) is 5.32 Å². The molecular formula is C23H23NO3. The number of aromatic carboxylic acids is 1. The van der Waals surface area contributed by atoms with Gasteiger partial charge in [-0.3, -0.25) is 0 Å². The smallest absolute Gasteiger partial charge is 0.335 e. The Bertz CT molecular complexity index is 950. The van der Waals surface area contributed by atoms with Crippen LogP contribution in [0.4, 0.5) is 5.69 Å². The Balaban J connectivity index is 1.68. The molecule has 0 unspecified atom stereocenters. The van der Waals surface area contributed by atoms with Gasteiger partial charge in [0.2, 0.25) is 0 Å². The summed E-state index contributed by atoms with van der Waals surface area (Å²) in [5, 5.41) is 12.4. The number of anilines is 1. The number of carboxylic acids is 1. The normalized spacial score (nSPS) is 10.4. The van der Waals surface area contributed by atoms with Gasteiger partial charge in [-0.2, -0.15) is 0 Å². The molecule has 0 aliphatic carbocycles. The van der Waals surface area contributed by atoms with Crippen molar-refractivity contribution in [1.82, 2.24) is 0 Å². The summed E-state index contributed by atoms with van der Waals surface area (Å²) in [4.78, 5) is 11.1. The lowest BCUT2D eigenvalue weighted by atomic mass is 10.1. The van der Waals surface area contributed by atoms with Gasteiger partial charge in [-0.1, -0.05) is 48.0 Å². The summed E-state index contributed by atoms with van der Waals surface area (Å²) in [7, 11) is 0. The van der Waals surface area contributed by atoms with E-state index in [1.54, 1.807) is 18.2 Å². The Morgan fingerprint density at radius 1 is 1.00 bits per heavy atom. The topological polar surface area (TPSA) is 58.6 Å². The molecule has 138 valence electrons. The van der Waals surface area contributed by atoms with Crippen molar-refractivity contribution in [3.8, 4) is 5.75 Å². The van der Waals surface area contributed by atoms with Crippen molar-refractivity contribution >= 4 is 11.7 Å². The number of para-hydroxylation sites is 1. The van der Waals surface area contributed by atoms with E-state index in [1.807, 2.05) is 37.3 Å². The van der Waals surface area contributed by atoms with Crippen LogP contribution in [0.5, 0.6) is 5.75 Å². The van der Waals surface area contributed by atoms with Crippen LogP contribution in [0.2, 0.25) is 0 Å². The fourth-order valence-corrected chi connectivity index (χ4v) is 2.94. The van der Waals surface area contributed by atoms with Gasteiger partial charge in [0.1, 0.15) is 12.4 Å². The lowest BCUT2D eigenvalue weighted by molar-refractivity contribution is 0.0697. The van der Waals surface area contributed by atoms with E-state index in [1.165, 1.54) is 5.56 Å². The number of benzene rings is 3. The molecule has 4 nitrogen and oxygen atoms in total. The average molecular weight is 361 g/mol. The lowest BCUT2D eigenvalue weighted by Gasteiger charge is -2.14. The number of carbonyl (C=O) groups is 1. The maximum atomic E-state index is 11.1. The molecule has 2 N–H and O–H groups in total. The van der Waals surface area contributed by atoms with E-state index in [9.17, 15) is 4.79 Å². The second-order valence-corrected chi connectivity index (χ2v) is 6.57. The minimum atomic E-state index is -0.917. The first kappa shape index (κ1) is 18.5. The van der Waals surface area contributed by atoms with E-state index < -0.39 is 5.97 Å². The van der Waals surface area contributed by atoms with Crippen molar-refractivity contribution in [3.05, 3.63) is 94.5 Å². The molecule has 3 aromatic carbocycles. The van der Waals surface area contributed by atoms with Crippen LogP contribution in [0.25, 0.3) is 0 Å². The van der Waals surface area contributed by atoms with Crippen LogP contribution in [0.3, 0.4) is 0 Å². The van der Waals surface area contributed by atoms with Crippen LogP contribution in [-0.2, 0) is 13.2 Å². The zero-order chi connectivity index (χ0) is 19.2. The molecule has 0 fully saturated rings. The summed E-state index contributed by atoms with van der Waals surface area (Å²) in [5.41, 5.74) is 5.50. The predicted molar refractivity (Wildman–Crippen MR) is 107 cm³/mol. The van der Waals surface area contributed by atoms with Gasteiger partial charge in [-0.25, -0.2) is 4.79 Å². The number of nitrogens with one attached hydrogen (secondary N) is 1. The Labute approximate surface area is 159 Å². The third-order valence-corrected chi connectivity index (χ3v) is 4.39. The highest BCUT2D eigenvalue weighted by Crippen LogP contribution is 2.23. The maximum Gasteiger partial charge on any atom is 0.335 e. The van der Waals surface area contributed by atoms with Gasteiger partial charge in [0.15, 0.2) is 0 Å². The van der Waals surface area contributed by atoms with Crippen LogP contribution in [0.15, 0.2) is 66.7 Å². The second-order valence-electron chi connectivity index (χ2n) is 6.57. The molecule has 0 aliphatic heterocycles. The highest BCUT2D eigenvalue weighted by Gasteiger charge is 2.07. The monoisotopic (exact) mass is 361 g/mol. The Kier molecular flexibility index (Phi) is 5.77. The van der Waals surface area contributed by atoms with Gasteiger partial charge < -0.3 is 15.2 Å². The largest absolute Gasteiger partial charge is 0.489 e. The van der Waals surface area contributed by atoms with Crippen molar-refractivity contribution in [2.24, 2.45) is 0 Å². The molecule has 3 rings (SSSR count). The van der Waals surface area contributed by atoms with Crippen LogP contribution in [-0.4, -0.2) is 11.1 Å². The first-order valence-electron chi connectivity index (χ1n) is 8.87. The zero-order valence-corrected chi connectivity index (χ0v) is 15.5. The maximum absolute atomic E-state index is 11.1. The lowest BCUT2D eigenvalue weighted by Crippen LogP contribution is -2.05. The summed E-state index contributed by atoms with van der Waals surface area (Å²) >= 11 is 0. The highest BCUT2D eigenvalue weighted by molar-refractivity contribution is 5.88. The first-order valence-corrected chi connectivity index (χ1v) is 8.87. The molecule has 3 aromatic rings. The quantitative estimate of drug-likeness (QED) is 0.608. The number of aryl methyl sites for hydroxylation is 2. The summed E-state index contributed by atoms with van der Waals surface area (Å²) < 4.78 is 6.03. The summed E-state index contributed by atoms with van der Waals surface area (Å²) in [6, 6.07) is 21.3. The van der Waals surface area contributed by atoms with E-state index in [-0.39, 0.29) is 0 Å². The molecule has 0 atom stereocenters. The van der Waals surface area contributed by atoms with Gasteiger partial charge >= 0.3 is 5.97 Å². The number of hydrogen-bond donors (Lipinski definition) is 2. The molecule has 4 heteroatoms. The molecule has 0 bridgehead atoms. The van der Waals surface area contributed by atoms with Crippen LogP contribution in [0, 0.1) is 13.8 Å². The fraction of sp³-hybridized carbons (Fsp3) is 0.174. The minimum Gasteiger partial charge on any atom is -0.489 e. The third-order valence-electron chi connectivity index (χ3n) is 4.39. The number of rotatable bonds is 7. The molecule has 0 aromatic heterocycles. The van der Waals surface area contributed by atoms with E-state index >= 15 is 0 Å². The van der Waals surface area contributed by atoms with Gasteiger partial charge in [0.05, 0.1) is 5.56 Å². The number of carboxylic acid groups (broad SMARTS) is 1. The van der Waals surface area contributed by atoms with Crippen LogP contribution < -0.4 is 10.1 Å². The molecule has 0 aliphatic rings. The summed E-state index contributed by atoms with van der Waals surface area (Å²) in [6.07, 6.45) is 0. The molecule has 0 amide bonds. The van der Waals surface area contributed by atoms with Crippen molar-refractivity contribution in [1.29, 1.82) is 0 Å². The van der Waals surface area contributed by atoms with Crippen molar-refractivity contribution < 1.29 is 14.6 Å². The Hall–Kier alpha value is -3.27. The standard InChI is InChI=1S/C23H23NO3/c1-16-6-5-7-18(12-16)15-27-22-9-4-3-8-20(22)14-24-21-11-10-19(23(25)26)13-17(21)2/h3-13,24H,14-15H2,1-2H3,(H,25,26). The number of hydrogen-bond acceptors (Lipinski definition) is 3. The minimum absolute atomic E-state index is 0.292. The molecule has 27 heavy (non-hydrogen) atoms. The highest BCUT2D eigenvalue weighted by atomic mass is 16.5. The third kappa shape index (κ3) is 4.88. The van der Waals surface area contributed by atoms with Gasteiger partial charge in [-0.05, 0) is 49.2 Å². The van der Waals surface area contributed by atoms with E-state index in [0.29, 0.717) is 18.7 Å². The molecule has 0 spiro atoms. The van der Waals surface area contributed by atoms with E-state index in [2.05, 4.69) is 30.4 Å². The molecule has 0 saturated carbocycles. The van der Waals surface area contributed by atoms with Gasteiger partial charge in [0, 0.05) is 17.8 Å². The van der Waals surface area contributed by atoms with Gasteiger partial charge in [0.25, 0.3) is 0 Å². The van der Waals surface area contributed by atoms with E-state index in [0.717, 1.165) is 28.1 Å². The van der Waals surface area contributed by atoms with Crippen LogP contribution >= 0.6 is 0 Å². The van der Waals surface area contributed by atoms with Gasteiger partial charge in [-0.15, -0.1) is 0 Å². The van der Waals surface area contributed by atoms with Crippen molar-refractivity contribution in [3.63, 3.8) is 0 Å². The summed E-state index contributed by atoms with van der Waals surface area (Å²) in [5.74, 6) is -0.0779. The summed E-state index contributed by atoms with van der Waals surface area (Å²) in [6.45, 7) is 5.08. The molecule has 0 saturated heterocycles. The SMILES string of the molecule is Cc1cccc(COc2ccccc2CNc2ccc(C(=O)O)cc2C)c1. The van der Waals surface area contributed by atoms with Crippen LogP contribution in [0.1, 0.15) is 32.6 Å². The fourth-order valence-electron chi connectivity index (χ4n) is 2.94. The second kappa shape index (κ2) is 8.41. The Morgan fingerprint density at radius 3 is 2.56 bits per heavy atom.